The summed E-state index contributed by atoms with van der Waals surface area (Å²) in [7, 11) is 3.44. The largest absolute Gasteiger partial charge is 0.391 e. The van der Waals surface area contributed by atoms with E-state index in [-0.39, 0.29) is 6.10 Å². The Morgan fingerprint density at radius 3 is 3.00 bits per heavy atom. The fourth-order valence-corrected chi connectivity index (χ4v) is 1.92. The standard InChI is InChI=1S/C11H18N4O2/c1-12-9-5-11(14-10(13-9)7-17-2)15-4-3-8(16)6-15/h5,8,16H,3-4,6-7H2,1-2H3,(H,12,13,14). The minimum atomic E-state index is -0.256. The van der Waals surface area contributed by atoms with Gasteiger partial charge in [0.05, 0.1) is 6.10 Å². The van der Waals surface area contributed by atoms with Crippen LogP contribution in [0.5, 0.6) is 0 Å². The van der Waals surface area contributed by atoms with Gasteiger partial charge in [0.1, 0.15) is 18.2 Å². The number of rotatable bonds is 4. The Morgan fingerprint density at radius 1 is 1.59 bits per heavy atom. The summed E-state index contributed by atoms with van der Waals surface area (Å²) in [5, 5.41) is 12.5. The fraction of sp³-hybridized carbons (Fsp3) is 0.636. The van der Waals surface area contributed by atoms with Gasteiger partial charge in [0.2, 0.25) is 0 Å². The second kappa shape index (κ2) is 5.29. The molecule has 1 fully saturated rings. The molecule has 0 aliphatic carbocycles. The smallest absolute Gasteiger partial charge is 0.158 e. The molecule has 0 spiro atoms. The van der Waals surface area contributed by atoms with Crippen molar-refractivity contribution < 1.29 is 9.84 Å². The lowest BCUT2D eigenvalue weighted by Gasteiger charge is -2.18. The second-order valence-electron chi connectivity index (χ2n) is 4.10. The number of β-amino-alcohol motifs (C(OH)–C–C–N with tert-alkyl or cyclic N) is 1. The molecule has 0 amide bonds. The maximum atomic E-state index is 9.53. The number of aliphatic hydroxyl groups is 1. The van der Waals surface area contributed by atoms with Crippen LogP contribution < -0.4 is 10.2 Å². The van der Waals surface area contributed by atoms with Crippen LogP contribution in [0.25, 0.3) is 0 Å². The minimum Gasteiger partial charge on any atom is -0.391 e. The number of aliphatic hydroxyl groups excluding tert-OH is 1. The zero-order chi connectivity index (χ0) is 12.3. The second-order valence-corrected chi connectivity index (χ2v) is 4.10. The topological polar surface area (TPSA) is 70.5 Å². The Kier molecular flexibility index (Phi) is 3.75. The van der Waals surface area contributed by atoms with Gasteiger partial charge in [-0.05, 0) is 6.42 Å². The molecule has 2 N–H and O–H groups in total. The third kappa shape index (κ3) is 2.83. The molecule has 1 aliphatic heterocycles. The predicted octanol–water partition coefficient (Wildman–Crippen LogP) is 0.236. The summed E-state index contributed by atoms with van der Waals surface area (Å²) in [6.45, 7) is 1.85. The van der Waals surface area contributed by atoms with Gasteiger partial charge in [0.15, 0.2) is 5.82 Å². The van der Waals surface area contributed by atoms with Crippen LogP contribution in [0.3, 0.4) is 0 Å². The molecule has 0 bridgehead atoms. The molecule has 1 unspecified atom stereocenters. The highest BCUT2D eigenvalue weighted by molar-refractivity contribution is 5.49. The molecular weight excluding hydrogens is 220 g/mol. The number of hydrogen-bond donors (Lipinski definition) is 2. The lowest BCUT2D eigenvalue weighted by atomic mass is 10.3. The number of aromatic nitrogens is 2. The van der Waals surface area contributed by atoms with Gasteiger partial charge in [-0.25, -0.2) is 9.97 Å². The summed E-state index contributed by atoms with van der Waals surface area (Å²) < 4.78 is 5.05. The first-order valence-corrected chi connectivity index (χ1v) is 5.70. The van der Waals surface area contributed by atoms with Gasteiger partial charge in [0, 0.05) is 33.3 Å². The molecule has 6 heteroatoms. The van der Waals surface area contributed by atoms with Crippen molar-refractivity contribution in [3.63, 3.8) is 0 Å². The molecule has 2 rings (SSSR count). The summed E-state index contributed by atoms with van der Waals surface area (Å²) in [6.07, 6.45) is 0.535. The highest BCUT2D eigenvalue weighted by atomic mass is 16.5. The normalized spacial score (nSPS) is 19.7. The first-order valence-electron chi connectivity index (χ1n) is 5.70. The molecule has 6 nitrogen and oxygen atoms in total. The van der Waals surface area contributed by atoms with Crippen LogP contribution in [-0.2, 0) is 11.3 Å². The van der Waals surface area contributed by atoms with Gasteiger partial charge in [-0.3, -0.25) is 0 Å². The quantitative estimate of drug-likeness (QED) is 0.783. The first kappa shape index (κ1) is 12.1. The van der Waals surface area contributed by atoms with E-state index in [1.807, 2.05) is 13.1 Å². The number of nitrogens with zero attached hydrogens (tertiary/aromatic N) is 3. The Labute approximate surface area is 101 Å². The van der Waals surface area contributed by atoms with Crippen LogP contribution >= 0.6 is 0 Å². The number of ether oxygens (including phenoxy) is 1. The van der Waals surface area contributed by atoms with E-state index in [1.54, 1.807) is 7.11 Å². The van der Waals surface area contributed by atoms with E-state index in [1.165, 1.54) is 0 Å². The molecule has 0 aromatic carbocycles. The highest BCUT2D eigenvalue weighted by Crippen LogP contribution is 2.20. The zero-order valence-electron chi connectivity index (χ0n) is 10.2. The Balaban J connectivity index is 2.23. The van der Waals surface area contributed by atoms with Crippen molar-refractivity contribution in [3.8, 4) is 0 Å². The van der Waals surface area contributed by atoms with Crippen molar-refractivity contribution in [1.29, 1.82) is 0 Å². The maximum absolute atomic E-state index is 9.53. The van der Waals surface area contributed by atoms with Gasteiger partial charge in [-0.1, -0.05) is 0 Å². The molecule has 1 aromatic rings. The van der Waals surface area contributed by atoms with Crippen molar-refractivity contribution in [1.82, 2.24) is 9.97 Å². The van der Waals surface area contributed by atoms with E-state index >= 15 is 0 Å². The molecule has 1 saturated heterocycles. The van der Waals surface area contributed by atoms with Crippen LogP contribution in [0.1, 0.15) is 12.2 Å². The number of hydrogen-bond acceptors (Lipinski definition) is 6. The van der Waals surface area contributed by atoms with Crippen LogP contribution in [0, 0.1) is 0 Å². The summed E-state index contributed by atoms with van der Waals surface area (Å²) in [6, 6.07) is 1.89. The van der Waals surface area contributed by atoms with Crippen molar-refractivity contribution >= 4 is 11.6 Å². The van der Waals surface area contributed by atoms with E-state index < -0.39 is 0 Å². The van der Waals surface area contributed by atoms with Crippen LogP contribution in [0.4, 0.5) is 11.6 Å². The fourth-order valence-electron chi connectivity index (χ4n) is 1.92. The average molecular weight is 238 g/mol. The summed E-state index contributed by atoms with van der Waals surface area (Å²) in [5.74, 6) is 2.26. The molecule has 1 atom stereocenters. The molecule has 1 aromatic heterocycles. The Morgan fingerprint density at radius 2 is 2.41 bits per heavy atom. The number of nitrogens with one attached hydrogen (secondary N) is 1. The van der Waals surface area contributed by atoms with Crippen molar-refractivity contribution in [2.75, 3.05) is 37.5 Å². The molecule has 2 heterocycles. The highest BCUT2D eigenvalue weighted by Gasteiger charge is 2.22. The van der Waals surface area contributed by atoms with Crippen molar-refractivity contribution in [2.24, 2.45) is 0 Å². The van der Waals surface area contributed by atoms with Gasteiger partial charge in [-0.2, -0.15) is 0 Å². The lowest BCUT2D eigenvalue weighted by Crippen LogP contribution is -2.23. The molecule has 0 saturated carbocycles. The van der Waals surface area contributed by atoms with Gasteiger partial charge < -0.3 is 20.1 Å². The van der Waals surface area contributed by atoms with E-state index in [0.717, 1.165) is 24.6 Å². The summed E-state index contributed by atoms with van der Waals surface area (Å²) in [5.41, 5.74) is 0. The monoisotopic (exact) mass is 238 g/mol. The SMILES string of the molecule is CNc1cc(N2CCC(O)C2)nc(COC)n1. The average Bonchev–Trinajstić information content (AvgIpc) is 2.76. The molecule has 1 aliphatic rings. The Hall–Kier alpha value is -1.40. The van der Waals surface area contributed by atoms with Crippen LogP contribution in [0.15, 0.2) is 6.07 Å². The molecule has 0 radical (unpaired) electrons. The van der Waals surface area contributed by atoms with E-state index in [4.69, 9.17) is 4.74 Å². The molecule has 17 heavy (non-hydrogen) atoms. The van der Waals surface area contributed by atoms with Crippen LogP contribution in [-0.4, -0.2) is 48.4 Å². The predicted molar refractivity (Wildman–Crippen MR) is 65.1 cm³/mol. The molecule has 94 valence electrons. The van der Waals surface area contributed by atoms with Gasteiger partial charge >= 0.3 is 0 Å². The number of anilines is 2. The summed E-state index contributed by atoms with van der Waals surface area (Å²) >= 11 is 0. The zero-order valence-corrected chi connectivity index (χ0v) is 10.2. The van der Waals surface area contributed by atoms with Gasteiger partial charge in [0.25, 0.3) is 0 Å². The summed E-state index contributed by atoms with van der Waals surface area (Å²) in [4.78, 5) is 10.8. The Bertz CT molecular complexity index is 386. The lowest BCUT2D eigenvalue weighted by molar-refractivity contribution is 0.178. The number of methoxy groups -OCH3 is 1. The van der Waals surface area contributed by atoms with E-state index in [0.29, 0.717) is 19.0 Å². The van der Waals surface area contributed by atoms with Crippen LogP contribution in [0.2, 0.25) is 0 Å². The van der Waals surface area contributed by atoms with E-state index in [9.17, 15) is 5.11 Å². The van der Waals surface area contributed by atoms with Crippen molar-refractivity contribution in [2.45, 2.75) is 19.1 Å². The maximum Gasteiger partial charge on any atom is 0.158 e. The molecular formula is C11H18N4O2. The minimum absolute atomic E-state index is 0.256. The first-order chi connectivity index (χ1) is 8.22. The third-order valence-electron chi connectivity index (χ3n) is 2.78. The van der Waals surface area contributed by atoms with Crippen molar-refractivity contribution in [3.05, 3.63) is 11.9 Å². The van der Waals surface area contributed by atoms with Gasteiger partial charge in [-0.15, -0.1) is 0 Å². The van der Waals surface area contributed by atoms with E-state index in [2.05, 4.69) is 20.2 Å². The third-order valence-corrected chi connectivity index (χ3v) is 2.78.